The molecule has 0 bridgehead atoms. The Morgan fingerprint density at radius 3 is 2.57 bits per heavy atom. The van der Waals surface area contributed by atoms with Gasteiger partial charge in [-0.2, -0.15) is 0 Å². The zero-order valence-electron chi connectivity index (χ0n) is 16.2. The molecule has 0 aliphatic carbocycles. The number of para-hydroxylation sites is 1. The van der Waals surface area contributed by atoms with Gasteiger partial charge in [0.2, 0.25) is 0 Å². The second-order valence-electron chi connectivity index (χ2n) is 7.06. The Balaban J connectivity index is 1.33. The Morgan fingerprint density at radius 1 is 1.07 bits per heavy atom. The van der Waals surface area contributed by atoms with Crippen LogP contribution in [-0.4, -0.2) is 30.0 Å². The van der Waals surface area contributed by atoms with E-state index in [2.05, 4.69) is 0 Å². The summed E-state index contributed by atoms with van der Waals surface area (Å²) in [4.78, 5) is 14.6. The molecule has 0 unspecified atom stereocenters. The topological polar surface area (TPSA) is 51.9 Å². The summed E-state index contributed by atoms with van der Waals surface area (Å²) in [7, 11) is 0. The van der Waals surface area contributed by atoms with Crippen molar-refractivity contribution >= 4 is 5.91 Å². The van der Waals surface area contributed by atoms with Crippen LogP contribution in [0.2, 0.25) is 0 Å². The predicted molar refractivity (Wildman–Crippen MR) is 105 cm³/mol. The minimum atomic E-state index is -0.729. The molecule has 1 aliphatic rings. The molecule has 4 rings (SSSR count). The maximum absolute atomic E-state index is 13.8. The van der Waals surface area contributed by atoms with Crippen LogP contribution in [0, 0.1) is 11.6 Å². The van der Waals surface area contributed by atoms with Gasteiger partial charge in [0.15, 0.2) is 17.3 Å². The third-order valence-corrected chi connectivity index (χ3v) is 5.00. The predicted octanol–water partition coefficient (Wildman–Crippen LogP) is 4.82. The first-order chi connectivity index (χ1) is 14.6. The van der Waals surface area contributed by atoms with Crippen LogP contribution < -0.4 is 9.47 Å². The molecular weight excluding hydrogens is 392 g/mol. The molecule has 7 heteroatoms. The molecule has 1 fully saturated rings. The minimum absolute atomic E-state index is 0.0209. The lowest BCUT2D eigenvalue weighted by Gasteiger charge is -2.32. The summed E-state index contributed by atoms with van der Waals surface area (Å²) in [5.74, 6) is -0.596. The van der Waals surface area contributed by atoms with E-state index >= 15 is 0 Å². The summed E-state index contributed by atoms with van der Waals surface area (Å²) < 4.78 is 43.6. The van der Waals surface area contributed by atoms with Gasteiger partial charge in [-0.25, -0.2) is 8.78 Å². The summed E-state index contributed by atoms with van der Waals surface area (Å²) >= 11 is 0. The average molecular weight is 413 g/mol. The molecular formula is C23H21F2NO4. The van der Waals surface area contributed by atoms with E-state index in [9.17, 15) is 13.6 Å². The average Bonchev–Trinajstić information content (AvgIpc) is 3.24. The van der Waals surface area contributed by atoms with Crippen LogP contribution in [0.4, 0.5) is 8.78 Å². The first kappa shape index (κ1) is 19.9. The Morgan fingerprint density at radius 2 is 1.83 bits per heavy atom. The van der Waals surface area contributed by atoms with Crippen LogP contribution in [0.15, 0.2) is 65.3 Å². The van der Waals surface area contributed by atoms with Gasteiger partial charge in [0.25, 0.3) is 5.91 Å². The zero-order valence-corrected chi connectivity index (χ0v) is 16.2. The number of nitrogens with zero attached hydrogens (tertiary/aromatic N) is 1. The quantitative estimate of drug-likeness (QED) is 0.581. The Bertz CT molecular complexity index is 997. The van der Waals surface area contributed by atoms with Gasteiger partial charge >= 0.3 is 0 Å². The van der Waals surface area contributed by atoms with Crippen LogP contribution in [-0.2, 0) is 6.61 Å². The van der Waals surface area contributed by atoms with E-state index in [0.717, 1.165) is 12.1 Å². The number of carbonyl (C=O) groups excluding carboxylic acids is 1. The molecule has 1 aromatic heterocycles. The van der Waals surface area contributed by atoms with Gasteiger partial charge in [-0.3, -0.25) is 4.79 Å². The molecule has 156 valence electrons. The van der Waals surface area contributed by atoms with Crippen molar-refractivity contribution in [2.24, 2.45) is 0 Å². The number of carbonyl (C=O) groups is 1. The van der Waals surface area contributed by atoms with E-state index in [1.165, 1.54) is 12.3 Å². The molecule has 1 aliphatic heterocycles. The fourth-order valence-electron chi connectivity index (χ4n) is 3.39. The standard InChI is InChI=1S/C23H21F2NO4/c24-17-6-7-21(20(25)14-17)30-19-8-11-26(12-9-19)23(27)22-16(10-13-28-22)15-29-18-4-2-1-3-5-18/h1-7,10,13-14,19H,8-9,11-12,15H2. The van der Waals surface area contributed by atoms with E-state index in [1.54, 1.807) is 11.0 Å². The van der Waals surface area contributed by atoms with Gasteiger partial charge < -0.3 is 18.8 Å². The monoisotopic (exact) mass is 413 g/mol. The Kier molecular flexibility index (Phi) is 5.97. The SMILES string of the molecule is O=C(c1occc1COc1ccccc1)N1CCC(Oc2ccc(F)cc2F)CC1. The smallest absolute Gasteiger partial charge is 0.289 e. The van der Waals surface area contributed by atoms with Crippen LogP contribution >= 0.6 is 0 Å². The number of halogens is 2. The fourth-order valence-corrected chi connectivity index (χ4v) is 3.39. The van der Waals surface area contributed by atoms with Crippen LogP contribution in [0.3, 0.4) is 0 Å². The number of amides is 1. The number of likely N-dealkylation sites (tertiary alicyclic amines) is 1. The van der Waals surface area contributed by atoms with Crippen LogP contribution in [0.5, 0.6) is 11.5 Å². The van der Waals surface area contributed by atoms with Crippen molar-refractivity contribution in [3.8, 4) is 11.5 Å². The highest BCUT2D eigenvalue weighted by Crippen LogP contribution is 2.24. The molecule has 0 atom stereocenters. The zero-order chi connectivity index (χ0) is 20.9. The number of ether oxygens (including phenoxy) is 2. The van der Waals surface area contributed by atoms with Gasteiger partial charge in [-0.05, 0) is 30.3 Å². The maximum atomic E-state index is 13.8. The molecule has 5 nitrogen and oxygen atoms in total. The van der Waals surface area contributed by atoms with Gasteiger partial charge in [-0.1, -0.05) is 18.2 Å². The van der Waals surface area contributed by atoms with E-state index < -0.39 is 11.6 Å². The van der Waals surface area contributed by atoms with E-state index in [-0.39, 0.29) is 30.1 Å². The highest BCUT2D eigenvalue weighted by molar-refractivity contribution is 5.93. The number of hydrogen-bond acceptors (Lipinski definition) is 4. The van der Waals surface area contributed by atoms with Crippen molar-refractivity contribution < 1.29 is 27.5 Å². The molecule has 1 saturated heterocycles. The molecule has 2 heterocycles. The van der Waals surface area contributed by atoms with E-state index in [1.807, 2.05) is 30.3 Å². The number of hydrogen-bond donors (Lipinski definition) is 0. The number of piperidine rings is 1. The Hall–Kier alpha value is -3.35. The first-order valence-corrected chi connectivity index (χ1v) is 9.75. The highest BCUT2D eigenvalue weighted by atomic mass is 19.1. The molecule has 0 saturated carbocycles. The lowest BCUT2D eigenvalue weighted by Crippen LogP contribution is -2.42. The minimum Gasteiger partial charge on any atom is -0.489 e. The molecule has 0 radical (unpaired) electrons. The summed E-state index contributed by atoms with van der Waals surface area (Å²) in [6.07, 6.45) is 2.31. The molecule has 3 aromatic rings. The maximum Gasteiger partial charge on any atom is 0.289 e. The van der Waals surface area contributed by atoms with Gasteiger partial charge in [-0.15, -0.1) is 0 Å². The van der Waals surface area contributed by atoms with Crippen molar-refractivity contribution in [1.82, 2.24) is 4.90 Å². The summed E-state index contributed by atoms with van der Waals surface area (Å²) in [6, 6.07) is 14.3. The molecule has 2 aromatic carbocycles. The summed E-state index contributed by atoms with van der Waals surface area (Å²) in [5.41, 5.74) is 0.676. The molecule has 30 heavy (non-hydrogen) atoms. The molecule has 1 amide bonds. The number of rotatable bonds is 6. The van der Waals surface area contributed by atoms with Gasteiger partial charge in [0, 0.05) is 37.6 Å². The van der Waals surface area contributed by atoms with Crippen molar-refractivity contribution in [1.29, 1.82) is 0 Å². The lowest BCUT2D eigenvalue weighted by molar-refractivity contribution is 0.0556. The summed E-state index contributed by atoms with van der Waals surface area (Å²) in [5, 5.41) is 0. The van der Waals surface area contributed by atoms with Crippen LogP contribution in [0.1, 0.15) is 29.0 Å². The number of benzene rings is 2. The fraction of sp³-hybridized carbons (Fsp3) is 0.261. The van der Waals surface area contributed by atoms with Crippen LogP contribution in [0.25, 0.3) is 0 Å². The summed E-state index contributed by atoms with van der Waals surface area (Å²) in [6.45, 7) is 1.13. The van der Waals surface area contributed by atoms with E-state index in [4.69, 9.17) is 13.9 Å². The third kappa shape index (κ3) is 4.62. The van der Waals surface area contributed by atoms with Crippen molar-refractivity contribution in [2.45, 2.75) is 25.6 Å². The van der Waals surface area contributed by atoms with Crippen molar-refractivity contribution in [2.75, 3.05) is 13.1 Å². The second kappa shape index (κ2) is 8.98. The van der Waals surface area contributed by atoms with Gasteiger partial charge in [0.1, 0.15) is 24.3 Å². The lowest BCUT2D eigenvalue weighted by atomic mass is 10.1. The normalized spacial score (nSPS) is 14.5. The van der Waals surface area contributed by atoms with Gasteiger partial charge in [0.05, 0.1) is 6.26 Å². The molecule has 0 N–H and O–H groups in total. The van der Waals surface area contributed by atoms with Crippen molar-refractivity contribution in [3.63, 3.8) is 0 Å². The molecule has 0 spiro atoms. The largest absolute Gasteiger partial charge is 0.489 e. The second-order valence-corrected chi connectivity index (χ2v) is 7.06. The Labute approximate surface area is 172 Å². The highest BCUT2D eigenvalue weighted by Gasteiger charge is 2.28. The first-order valence-electron chi connectivity index (χ1n) is 9.75. The number of furan rings is 1. The van der Waals surface area contributed by atoms with Crippen molar-refractivity contribution in [3.05, 3.63) is 83.8 Å². The third-order valence-electron chi connectivity index (χ3n) is 5.00. The van der Waals surface area contributed by atoms with E-state index in [0.29, 0.717) is 37.2 Å².